The van der Waals surface area contributed by atoms with Gasteiger partial charge in [0.15, 0.2) is 12.2 Å². The van der Waals surface area contributed by atoms with Gasteiger partial charge in [0.25, 0.3) is 11.8 Å². The molecule has 2 aliphatic rings. The SMILES string of the molecule is Cc1cc(OC(=O)c2cc(N3CCC[C@@H](C)C3)ccc2NC(=O)[C@H](CC(F)(F)F)Oc2ccc(Cl)cc2)cc(C)c1O[C@@H](CC(F)F)C(=O)Nc1ccc(N2CCC[C@@H](C)C2)cc1C(=O)O. The molecule has 66 heavy (non-hydrogen) atoms. The van der Waals surface area contributed by atoms with E-state index in [9.17, 15) is 46.2 Å². The molecule has 12 nitrogen and oxygen atoms in total. The summed E-state index contributed by atoms with van der Waals surface area (Å²) in [5.74, 6) is -3.83. The Morgan fingerprint density at radius 1 is 0.742 bits per heavy atom. The first kappa shape index (κ1) is 49.3. The van der Waals surface area contributed by atoms with Crippen LogP contribution in [0, 0.1) is 25.7 Å². The molecule has 0 radical (unpaired) electrons. The van der Waals surface area contributed by atoms with E-state index in [0.717, 1.165) is 38.8 Å². The van der Waals surface area contributed by atoms with E-state index >= 15 is 0 Å². The van der Waals surface area contributed by atoms with Crippen LogP contribution >= 0.6 is 11.6 Å². The lowest BCUT2D eigenvalue weighted by atomic mass is 9.99. The molecule has 4 aromatic rings. The number of carboxylic acids is 1. The third-order valence-corrected chi connectivity index (χ3v) is 11.7. The number of hydrogen-bond donors (Lipinski definition) is 3. The highest BCUT2D eigenvalue weighted by Crippen LogP contribution is 2.35. The second-order valence-corrected chi connectivity index (χ2v) is 17.5. The Morgan fingerprint density at radius 2 is 1.26 bits per heavy atom. The van der Waals surface area contributed by atoms with Gasteiger partial charge >= 0.3 is 18.1 Å². The van der Waals surface area contributed by atoms with Crippen molar-refractivity contribution in [2.24, 2.45) is 11.8 Å². The van der Waals surface area contributed by atoms with Crippen molar-refractivity contribution in [3.8, 4) is 17.2 Å². The minimum atomic E-state index is -4.80. The second-order valence-electron chi connectivity index (χ2n) is 17.0. The number of nitrogens with zero attached hydrogens (tertiary/aromatic N) is 2. The molecule has 2 saturated heterocycles. The summed E-state index contributed by atoms with van der Waals surface area (Å²) in [5.41, 5.74) is 1.16. The van der Waals surface area contributed by atoms with E-state index in [4.69, 9.17) is 25.8 Å². The van der Waals surface area contributed by atoms with E-state index in [1.807, 2.05) is 4.90 Å². The molecule has 3 N–H and O–H groups in total. The normalized spacial score (nSPS) is 17.4. The molecule has 0 saturated carbocycles. The Morgan fingerprint density at radius 3 is 1.76 bits per heavy atom. The molecule has 4 atom stereocenters. The molecule has 2 heterocycles. The zero-order chi connectivity index (χ0) is 47.9. The highest BCUT2D eigenvalue weighted by atomic mass is 35.5. The first-order valence-electron chi connectivity index (χ1n) is 21.6. The van der Waals surface area contributed by atoms with Gasteiger partial charge in [-0.25, -0.2) is 18.4 Å². The molecular weight excluding hydrogens is 891 g/mol. The van der Waals surface area contributed by atoms with Crippen molar-refractivity contribution in [3.63, 3.8) is 0 Å². The Bertz CT molecular complexity index is 2380. The number of ether oxygens (including phenoxy) is 3. The molecule has 2 amide bonds. The van der Waals surface area contributed by atoms with E-state index < -0.39 is 61.4 Å². The molecule has 18 heteroatoms. The topological polar surface area (TPSA) is 147 Å². The summed E-state index contributed by atoms with van der Waals surface area (Å²) in [6, 6.07) is 17.2. The van der Waals surface area contributed by atoms with Gasteiger partial charge in [-0.2, -0.15) is 13.2 Å². The predicted molar refractivity (Wildman–Crippen MR) is 241 cm³/mol. The molecule has 0 aromatic heterocycles. The van der Waals surface area contributed by atoms with E-state index in [2.05, 4.69) is 29.4 Å². The standard InChI is InChI=1S/C48H52ClF5N4O8/c1-27-7-5-17-57(25-27)32-11-15-38(36(21-32)46(61)62)55-44(59)40(23-42(50)51)66-43-29(3)19-35(20-30(43)4)65-47(63)37-22-33(58-18-6-8-28(2)26-58)12-16-39(37)56-45(60)41(24-48(52,53)54)64-34-13-9-31(49)10-14-34/h9-16,19-22,27-28,40-42H,5-8,17-18,23-26H2,1-4H3,(H,55,59)(H,56,60)(H,61,62)/t27-,28-,40+,41+/m1/s1. The van der Waals surface area contributed by atoms with Crippen LogP contribution in [-0.4, -0.2) is 79.8 Å². The Kier molecular flexibility index (Phi) is 16.0. The van der Waals surface area contributed by atoms with Gasteiger partial charge in [0.1, 0.15) is 17.2 Å². The maximum atomic E-state index is 14.1. The molecule has 4 aromatic carbocycles. The number of carboxylic acid groups (broad SMARTS) is 1. The number of rotatable bonds is 16. The smallest absolute Gasteiger partial charge is 0.393 e. The third kappa shape index (κ3) is 13.3. The van der Waals surface area contributed by atoms with Crippen molar-refractivity contribution in [2.75, 3.05) is 46.6 Å². The van der Waals surface area contributed by atoms with Crippen LogP contribution in [-0.2, 0) is 9.59 Å². The number of halogens is 6. The van der Waals surface area contributed by atoms with Crippen LogP contribution in [0.4, 0.5) is 44.7 Å². The minimum Gasteiger partial charge on any atom is -0.480 e. The van der Waals surface area contributed by atoms with Crippen LogP contribution in [0.5, 0.6) is 17.2 Å². The van der Waals surface area contributed by atoms with Crippen molar-refractivity contribution in [2.45, 2.75) is 91.0 Å². The lowest BCUT2D eigenvalue weighted by Gasteiger charge is -2.33. The molecule has 0 aliphatic carbocycles. The summed E-state index contributed by atoms with van der Waals surface area (Å²) >= 11 is 5.92. The first-order chi connectivity index (χ1) is 31.2. The fourth-order valence-corrected chi connectivity index (χ4v) is 8.33. The van der Waals surface area contributed by atoms with Gasteiger partial charge in [0, 0.05) is 42.6 Å². The van der Waals surface area contributed by atoms with E-state index in [1.54, 1.807) is 12.1 Å². The highest BCUT2D eigenvalue weighted by molar-refractivity contribution is 6.30. The van der Waals surface area contributed by atoms with E-state index in [0.29, 0.717) is 41.3 Å². The fourth-order valence-electron chi connectivity index (χ4n) is 8.20. The molecule has 354 valence electrons. The van der Waals surface area contributed by atoms with Gasteiger partial charge in [-0.05, 0) is 135 Å². The number of hydrogen-bond acceptors (Lipinski definition) is 9. The van der Waals surface area contributed by atoms with Crippen LogP contribution in [0.3, 0.4) is 0 Å². The summed E-state index contributed by atoms with van der Waals surface area (Å²) < 4.78 is 86.3. The zero-order valence-electron chi connectivity index (χ0n) is 36.9. The number of amides is 2. The maximum Gasteiger partial charge on any atom is 0.393 e. The average molecular weight is 943 g/mol. The number of nitrogens with one attached hydrogen (secondary N) is 2. The van der Waals surface area contributed by atoms with Gasteiger partial charge in [-0.3, -0.25) is 9.59 Å². The summed E-state index contributed by atoms with van der Waals surface area (Å²) in [6.45, 7) is 10.1. The second kappa shape index (κ2) is 21.5. The van der Waals surface area contributed by atoms with Crippen molar-refractivity contribution in [1.29, 1.82) is 0 Å². The first-order valence-corrected chi connectivity index (χ1v) is 22.0. The molecule has 0 unspecified atom stereocenters. The fraction of sp³-hybridized carbons (Fsp3) is 0.417. The summed E-state index contributed by atoms with van der Waals surface area (Å²) in [6.07, 6.45) is -10.5. The van der Waals surface area contributed by atoms with Crippen LogP contribution < -0.4 is 34.6 Å². The number of anilines is 4. The number of alkyl halides is 5. The van der Waals surface area contributed by atoms with Gasteiger partial charge in [0.2, 0.25) is 6.43 Å². The molecule has 0 spiro atoms. The number of piperidine rings is 2. The minimum absolute atomic E-state index is 0.0224. The lowest BCUT2D eigenvalue weighted by Crippen LogP contribution is -2.37. The summed E-state index contributed by atoms with van der Waals surface area (Å²) in [7, 11) is 0. The molecule has 6 rings (SSSR count). The predicted octanol–water partition coefficient (Wildman–Crippen LogP) is 10.7. The van der Waals surface area contributed by atoms with E-state index in [-0.39, 0.29) is 50.9 Å². The summed E-state index contributed by atoms with van der Waals surface area (Å²) in [4.78, 5) is 57.6. The number of aromatic carboxylic acids is 1. The number of benzene rings is 4. The maximum absolute atomic E-state index is 14.1. The Balaban J connectivity index is 1.23. The van der Waals surface area contributed by atoms with Crippen molar-refractivity contribution in [3.05, 3.63) is 100 Å². The molecule has 2 fully saturated rings. The third-order valence-electron chi connectivity index (χ3n) is 11.4. The Hall–Kier alpha value is -6.10. The van der Waals surface area contributed by atoms with Gasteiger partial charge in [-0.1, -0.05) is 25.4 Å². The average Bonchev–Trinajstić information content (AvgIpc) is 3.24. The van der Waals surface area contributed by atoms with Crippen molar-refractivity contribution < 1.29 is 60.4 Å². The molecular formula is C48H52ClF5N4O8. The lowest BCUT2D eigenvalue weighted by molar-refractivity contribution is -0.158. The van der Waals surface area contributed by atoms with Gasteiger partial charge in [0.05, 0.1) is 35.3 Å². The summed E-state index contributed by atoms with van der Waals surface area (Å²) in [5, 5.41) is 15.2. The highest BCUT2D eigenvalue weighted by Gasteiger charge is 2.38. The molecule has 0 bridgehead atoms. The molecule has 2 aliphatic heterocycles. The number of esters is 1. The van der Waals surface area contributed by atoms with Crippen LogP contribution in [0.15, 0.2) is 72.8 Å². The Labute approximate surface area is 384 Å². The number of carbonyl (C=O) groups excluding carboxylic acids is 3. The largest absolute Gasteiger partial charge is 0.480 e. The van der Waals surface area contributed by atoms with Gasteiger partial charge in [-0.15, -0.1) is 0 Å². The number of carbonyl (C=O) groups is 4. The zero-order valence-corrected chi connectivity index (χ0v) is 37.6. The van der Waals surface area contributed by atoms with Gasteiger partial charge < -0.3 is 39.8 Å². The van der Waals surface area contributed by atoms with Crippen molar-refractivity contribution in [1.82, 2.24) is 0 Å². The van der Waals surface area contributed by atoms with Crippen LogP contribution in [0.1, 0.15) is 84.2 Å². The number of aryl methyl sites for hydroxylation is 2. The van der Waals surface area contributed by atoms with Crippen LogP contribution in [0.2, 0.25) is 5.02 Å². The quantitative estimate of drug-likeness (QED) is 0.0563. The van der Waals surface area contributed by atoms with E-state index in [1.165, 1.54) is 74.5 Å². The van der Waals surface area contributed by atoms with Crippen molar-refractivity contribution >= 4 is 58.1 Å². The van der Waals surface area contributed by atoms with Crippen LogP contribution in [0.25, 0.3) is 0 Å². The monoisotopic (exact) mass is 942 g/mol.